The van der Waals surface area contributed by atoms with Crippen molar-refractivity contribution in [2.75, 3.05) is 0 Å². The normalized spacial score (nSPS) is 47.1. The van der Waals surface area contributed by atoms with Gasteiger partial charge in [0.25, 0.3) is 0 Å². The van der Waals surface area contributed by atoms with E-state index < -0.39 is 29.7 Å². The molecule has 0 aromatic rings. The third-order valence-electron chi connectivity index (χ3n) is 13.9. The van der Waals surface area contributed by atoms with Gasteiger partial charge in [0.15, 0.2) is 0 Å². The Morgan fingerprint density at radius 2 is 1.57 bits per heavy atom. The number of rotatable bonds is 4. The Labute approximate surface area is 283 Å². The van der Waals surface area contributed by atoms with Crippen molar-refractivity contribution in [3.63, 3.8) is 0 Å². The minimum absolute atomic E-state index is 0. The number of carbonyl (C=O) groups excluding carboxylic acids is 2. The first kappa shape index (κ1) is 32.7. The quantitative estimate of drug-likeness (QED) is 0.237. The molecule has 218 valence electrons. The van der Waals surface area contributed by atoms with E-state index in [1.807, 2.05) is 6.92 Å². The predicted molar refractivity (Wildman–Crippen MR) is 146 cm³/mol. The van der Waals surface area contributed by atoms with Crippen molar-refractivity contribution in [1.29, 1.82) is 0 Å². The molecule has 0 amide bonds. The van der Waals surface area contributed by atoms with Gasteiger partial charge >= 0.3 is 63.3 Å². The summed E-state index contributed by atoms with van der Waals surface area (Å²) in [6.45, 7) is 16.3. The summed E-state index contributed by atoms with van der Waals surface area (Å²) >= 11 is 0. The van der Waals surface area contributed by atoms with Crippen LogP contribution in [0.4, 0.5) is 0 Å². The number of ether oxygens (including phenoxy) is 1. The summed E-state index contributed by atoms with van der Waals surface area (Å²) in [5, 5.41) is 21.1. The number of esters is 1. The summed E-state index contributed by atoms with van der Waals surface area (Å²) < 4.78 is 5.77. The average Bonchev–Trinajstić information content (AvgIpc) is 2.82. The van der Waals surface area contributed by atoms with Gasteiger partial charge in [0, 0.05) is 5.41 Å². The van der Waals surface area contributed by atoms with Crippen molar-refractivity contribution in [2.24, 2.45) is 50.2 Å². The van der Waals surface area contributed by atoms with E-state index in [9.17, 15) is 24.6 Å². The van der Waals surface area contributed by atoms with Crippen LogP contribution in [-0.4, -0.2) is 29.1 Å². The zero-order valence-electron chi connectivity index (χ0n) is 26.2. The summed E-state index contributed by atoms with van der Waals surface area (Å²) in [6.07, 6.45) is 11.3. The molecule has 0 heterocycles. The van der Waals surface area contributed by atoms with Crippen LogP contribution >= 0.6 is 0 Å². The molecule has 0 aliphatic heterocycles. The predicted octanol–water partition coefficient (Wildman–Crippen LogP) is 2.93. The largest absolute Gasteiger partial charge is 1.00 e. The molecule has 1 unspecified atom stereocenters. The number of carboxylic acids is 2. The minimum atomic E-state index is -1.39. The first-order valence-electron chi connectivity index (χ1n) is 15.3. The van der Waals surface area contributed by atoms with Crippen molar-refractivity contribution >= 4 is 17.9 Å². The minimum Gasteiger partial charge on any atom is -0.550 e. The Balaban J connectivity index is 0.00000370. The summed E-state index contributed by atoms with van der Waals surface area (Å²) in [4.78, 5) is 35.5. The number of fused-ring (bicyclic) bond motifs is 7. The Morgan fingerprint density at radius 1 is 0.925 bits per heavy atom. The Hall–Kier alpha value is -0.214. The van der Waals surface area contributed by atoms with Crippen LogP contribution in [0, 0.1) is 50.2 Å². The van der Waals surface area contributed by atoms with E-state index in [1.165, 1.54) is 0 Å². The molecule has 9 atom stereocenters. The van der Waals surface area contributed by atoms with Gasteiger partial charge in [-0.1, -0.05) is 53.2 Å². The third kappa shape index (κ3) is 4.66. The molecule has 1 N–H and O–H groups in total. The van der Waals surface area contributed by atoms with Crippen LogP contribution in [0.3, 0.4) is 0 Å². The molecule has 40 heavy (non-hydrogen) atoms. The van der Waals surface area contributed by atoms with Crippen LogP contribution in [0.1, 0.15) is 119 Å². The fraction of sp³-hybridized carbons (Fsp3) is 0.848. The smallest absolute Gasteiger partial charge is 0.550 e. The van der Waals surface area contributed by atoms with E-state index in [2.05, 4.69) is 47.6 Å². The first-order valence-corrected chi connectivity index (χ1v) is 15.3. The van der Waals surface area contributed by atoms with E-state index in [0.717, 1.165) is 64.2 Å². The molecule has 5 rings (SSSR count). The van der Waals surface area contributed by atoms with Gasteiger partial charge in [0.1, 0.15) is 6.10 Å². The molecule has 7 heteroatoms. The van der Waals surface area contributed by atoms with Crippen molar-refractivity contribution in [3.8, 4) is 0 Å². The zero-order chi connectivity index (χ0) is 28.8. The molecule has 4 fully saturated rings. The molecule has 5 aliphatic carbocycles. The van der Waals surface area contributed by atoms with E-state index in [4.69, 9.17) is 4.74 Å². The van der Waals surface area contributed by atoms with Gasteiger partial charge in [0.2, 0.25) is 0 Å². The molecule has 0 bridgehead atoms. The van der Waals surface area contributed by atoms with Crippen LogP contribution in [0.2, 0.25) is 0 Å². The average molecular weight is 581 g/mol. The fourth-order valence-electron chi connectivity index (χ4n) is 11.1. The summed E-state index contributed by atoms with van der Waals surface area (Å²) in [6, 6.07) is 0. The second-order valence-corrected chi connectivity index (χ2v) is 16.0. The zero-order valence-corrected chi connectivity index (χ0v) is 29.3. The van der Waals surface area contributed by atoms with Crippen LogP contribution in [0.15, 0.2) is 11.6 Å². The van der Waals surface area contributed by atoms with Gasteiger partial charge in [-0.15, -0.1) is 0 Å². The van der Waals surface area contributed by atoms with Gasteiger partial charge < -0.3 is 19.7 Å². The van der Waals surface area contributed by atoms with E-state index >= 15 is 0 Å². The van der Waals surface area contributed by atoms with E-state index in [1.54, 1.807) is 5.57 Å². The number of allylic oxidation sites excluding steroid dienone is 2. The maximum absolute atomic E-state index is 12.3. The fourth-order valence-corrected chi connectivity index (χ4v) is 11.1. The second kappa shape index (κ2) is 10.5. The molecule has 0 radical (unpaired) electrons. The van der Waals surface area contributed by atoms with E-state index in [0.29, 0.717) is 17.8 Å². The maximum atomic E-state index is 12.3. The SMILES string of the molecule is CC1(C)C(OC(=O)CC(=O)[O-])CC[C@]2(C)[C@H]3CC=C4[C@@H]5C[C@@](C)(C(=O)O)CC[C@]5(C)CC[C@@]4(C)[C@]3(C)CC[C@@H]12.[K+]. The Kier molecular flexibility index (Phi) is 8.54. The summed E-state index contributed by atoms with van der Waals surface area (Å²) in [5.74, 6) is -1.55. The van der Waals surface area contributed by atoms with Crippen LogP contribution in [-0.2, 0) is 19.1 Å². The molecule has 5 aliphatic rings. The molecular formula is C33H49KO6. The van der Waals surface area contributed by atoms with Crippen molar-refractivity contribution < 1.29 is 80.7 Å². The maximum Gasteiger partial charge on any atom is 1.00 e. The second-order valence-electron chi connectivity index (χ2n) is 16.0. The van der Waals surface area contributed by atoms with Gasteiger partial charge in [-0.3, -0.25) is 9.59 Å². The van der Waals surface area contributed by atoms with Gasteiger partial charge in [0.05, 0.1) is 17.8 Å². The third-order valence-corrected chi connectivity index (χ3v) is 13.9. The topological polar surface area (TPSA) is 104 Å². The molecule has 4 saturated carbocycles. The molecule has 0 aromatic heterocycles. The molecule has 0 spiro atoms. The molecule has 0 saturated heterocycles. The summed E-state index contributed by atoms with van der Waals surface area (Å²) in [5.41, 5.74) is 1.08. The van der Waals surface area contributed by atoms with Gasteiger partial charge in [-0.25, -0.2) is 0 Å². The van der Waals surface area contributed by atoms with Gasteiger partial charge in [-0.05, 0) is 111 Å². The standard InChI is InChI=1S/C33H50O6.K/c1-28(2)22-10-13-33(7)23(31(22,5)12-11-24(28)39-26(36)18-25(34)35)9-8-20-21-19-30(4,27(37)38)15-14-29(21,3)16-17-32(20,33)6;/h8,21-24H,9-19H2,1-7H3,(H,34,35)(H,37,38);/q;+1/p-1/t21-,22-,23+,24?,29+,30-,31-,32+,33+;/m0./s1. The number of carbonyl (C=O) groups is 3. The number of aliphatic carboxylic acids is 2. The first-order chi connectivity index (χ1) is 17.9. The Morgan fingerprint density at radius 3 is 2.20 bits per heavy atom. The molecule has 6 nitrogen and oxygen atoms in total. The Bertz CT molecular complexity index is 1110. The van der Waals surface area contributed by atoms with Crippen molar-refractivity contribution in [3.05, 3.63) is 11.6 Å². The molecule has 0 aromatic carbocycles. The van der Waals surface area contributed by atoms with Crippen LogP contribution in [0.25, 0.3) is 0 Å². The van der Waals surface area contributed by atoms with Crippen LogP contribution in [0.5, 0.6) is 0 Å². The summed E-state index contributed by atoms with van der Waals surface area (Å²) in [7, 11) is 0. The number of hydrogen-bond acceptors (Lipinski definition) is 5. The van der Waals surface area contributed by atoms with Crippen LogP contribution < -0.4 is 56.5 Å². The monoisotopic (exact) mass is 580 g/mol. The van der Waals surface area contributed by atoms with Crippen molar-refractivity contribution in [2.45, 2.75) is 125 Å². The number of hydrogen-bond donors (Lipinski definition) is 1. The van der Waals surface area contributed by atoms with E-state index in [-0.39, 0.29) is 84.6 Å². The number of carboxylic acid groups (broad SMARTS) is 2. The van der Waals surface area contributed by atoms with Gasteiger partial charge in [-0.2, -0.15) is 0 Å². The van der Waals surface area contributed by atoms with Crippen molar-refractivity contribution in [1.82, 2.24) is 0 Å². The molecular weight excluding hydrogens is 531 g/mol.